The maximum atomic E-state index is 16.5. The molecule has 0 saturated heterocycles. The number of hydrogen-bond acceptors (Lipinski definition) is 3. The fourth-order valence-electron chi connectivity index (χ4n) is 8.35. The van der Waals surface area contributed by atoms with Crippen molar-refractivity contribution in [3.05, 3.63) is 82.4 Å². The maximum absolute atomic E-state index is 16.5. The Balaban J connectivity index is 1.54. The summed E-state index contributed by atoms with van der Waals surface area (Å²) in [5.74, 6) is -9.91. The van der Waals surface area contributed by atoms with Gasteiger partial charge in [0, 0.05) is 27.7 Å². The van der Waals surface area contributed by atoms with Gasteiger partial charge in [-0.3, -0.25) is 4.79 Å². The highest BCUT2D eigenvalue weighted by Crippen LogP contribution is 2.56. The van der Waals surface area contributed by atoms with E-state index in [1.807, 2.05) is 13.8 Å². The lowest BCUT2D eigenvalue weighted by Gasteiger charge is -2.48. The Labute approximate surface area is 296 Å². The van der Waals surface area contributed by atoms with Gasteiger partial charge in [0.2, 0.25) is 11.6 Å². The monoisotopic (exact) mass is 718 g/mol. The molecule has 0 bridgehead atoms. The van der Waals surface area contributed by atoms with E-state index in [-0.39, 0.29) is 67.4 Å². The minimum atomic E-state index is -1.58. The van der Waals surface area contributed by atoms with Crippen molar-refractivity contribution in [2.75, 3.05) is 13.2 Å². The molecule has 2 fully saturated rings. The Hall–Kier alpha value is -3.69. The third-order valence-electron chi connectivity index (χ3n) is 11.3. The van der Waals surface area contributed by atoms with E-state index in [1.54, 1.807) is 0 Å². The number of ether oxygens (including phenoxy) is 2. The highest BCUT2D eigenvalue weighted by molar-refractivity contribution is 5.75. The quantitative estimate of drug-likeness (QED) is 0.126. The van der Waals surface area contributed by atoms with Gasteiger partial charge in [-0.25, -0.2) is 17.6 Å². The molecule has 0 aromatic heterocycles. The summed E-state index contributed by atoms with van der Waals surface area (Å²) in [6.07, 6.45) is 8.87. The lowest BCUT2D eigenvalue weighted by atomic mass is 9.55. The molecule has 3 aromatic carbocycles. The van der Waals surface area contributed by atoms with Crippen LogP contribution in [0.25, 0.3) is 11.1 Å². The zero-order chi connectivity index (χ0) is 36.8. The molecule has 0 radical (unpaired) electrons. The van der Waals surface area contributed by atoms with E-state index in [1.165, 1.54) is 24.3 Å². The lowest BCUT2D eigenvalue weighted by molar-refractivity contribution is -0.157. The van der Waals surface area contributed by atoms with Crippen molar-refractivity contribution >= 4 is 5.97 Å². The summed E-state index contributed by atoms with van der Waals surface area (Å²) in [7, 11) is 0. The van der Waals surface area contributed by atoms with Crippen LogP contribution in [-0.2, 0) is 10.2 Å². The molecule has 2 aliphatic rings. The number of unbranched alkanes of at least 4 members (excludes halogenated alkanes) is 4. The minimum Gasteiger partial charge on any atom is -0.490 e. The summed E-state index contributed by atoms with van der Waals surface area (Å²) in [5.41, 5.74) is -4.08. The molecular weight excluding hydrogens is 670 g/mol. The molecule has 0 unspecified atom stereocenters. The Morgan fingerprint density at radius 1 is 0.627 bits per heavy atom. The van der Waals surface area contributed by atoms with E-state index in [4.69, 9.17) is 9.47 Å². The SMILES string of the molecule is CCCCCCOc1ccc(-c2ccc([C@]3(c4ccc(OCCCC)c(F)c4F)CC[C@H](C4(C(=O)O)CCCCC4)CC3)c(F)c2F)c(F)c1F. The van der Waals surface area contributed by atoms with E-state index in [9.17, 15) is 9.90 Å². The predicted molar refractivity (Wildman–Crippen MR) is 184 cm³/mol. The van der Waals surface area contributed by atoms with E-state index >= 15 is 26.3 Å². The minimum absolute atomic E-state index is 0.0160. The van der Waals surface area contributed by atoms with Crippen molar-refractivity contribution in [3.63, 3.8) is 0 Å². The summed E-state index contributed by atoms with van der Waals surface area (Å²) in [5, 5.41) is 10.4. The van der Waals surface area contributed by atoms with Gasteiger partial charge in [0.05, 0.1) is 18.6 Å². The van der Waals surface area contributed by atoms with Gasteiger partial charge in [-0.05, 0) is 75.5 Å². The van der Waals surface area contributed by atoms with E-state index in [0.717, 1.165) is 57.1 Å². The van der Waals surface area contributed by atoms with E-state index < -0.39 is 62.8 Å². The van der Waals surface area contributed by atoms with Crippen LogP contribution in [0.15, 0.2) is 36.4 Å². The van der Waals surface area contributed by atoms with Gasteiger partial charge in [0.1, 0.15) is 0 Å². The van der Waals surface area contributed by atoms with Gasteiger partial charge in [-0.1, -0.05) is 77.0 Å². The first-order valence-corrected chi connectivity index (χ1v) is 18.5. The molecule has 51 heavy (non-hydrogen) atoms. The molecule has 10 heteroatoms. The highest BCUT2D eigenvalue weighted by atomic mass is 19.2. The van der Waals surface area contributed by atoms with Crippen LogP contribution >= 0.6 is 0 Å². The fourth-order valence-corrected chi connectivity index (χ4v) is 8.35. The fraction of sp³-hybridized carbons (Fsp3) is 0.537. The molecule has 0 atom stereocenters. The molecular formula is C41H48F6O4. The summed E-state index contributed by atoms with van der Waals surface area (Å²) in [6, 6.07) is 7.26. The molecule has 278 valence electrons. The van der Waals surface area contributed by atoms with Crippen LogP contribution in [0, 0.1) is 46.2 Å². The third-order valence-corrected chi connectivity index (χ3v) is 11.3. The molecule has 0 amide bonds. The van der Waals surface area contributed by atoms with Crippen LogP contribution in [0.2, 0.25) is 0 Å². The Bertz CT molecular complexity index is 1680. The second kappa shape index (κ2) is 16.8. The van der Waals surface area contributed by atoms with Crippen LogP contribution in [0.5, 0.6) is 11.5 Å². The maximum Gasteiger partial charge on any atom is 0.309 e. The molecule has 4 nitrogen and oxygen atoms in total. The Morgan fingerprint density at radius 3 is 1.71 bits per heavy atom. The zero-order valence-corrected chi connectivity index (χ0v) is 29.5. The largest absolute Gasteiger partial charge is 0.490 e. The summed E-state index contributed by atoms with van der Waals surface area (Å²) < 4.78 is 106. The number of halogens is 6. The molecule has 0 aliphatic heterocycles. The van der Waals surface area contributed by atoms with Crippen molar-refractivity contribution in [2.45, 2.75) is 116 Å². The van der Waals surface area contributed by atoms with Gasteiger partial charge in [0.25, 0.3) is 0 Å². The molecule has 0 heterocycles. The van der Waals surface area contributed by atoms with Crippen molar-refractivity contribution in [1.82, 2.24) is 0 Å². The predicted octanol–water partition coefficient (Wildman–Crippen LogP) is 11.8. The van der Waals surface area contributed by atoms with Crippen LogP contribution < -0.4 is 9.47 Å². The highest BCUT2D eigenvalue weighted by Gasteiger charge is 2.51. The second-order valence-electron chi connectivity index (χ2n) is 14.3. The van der Waals surface area contributed by atoms with Gasteiger partial charge >= 0.3 is 5.97 Å². The standard InChI is InChI=1S/C41H48F6O4/c1-3-5-7-11-25-51-31-16-13-28(34(43)37(31)46)27-12-14-29(35(44)33(27)42)41(30-15-17-32(38(47)36(30)45)50-24-6-4-2)22-18-26(19-23-41)40(39(48)49)20-9-8-10-21-40/h12-17,26H,3-11,18-25H2,1-2H3,(H,48,49)/t26-,41-. The summed E-state index contributed by atoms with van der Waals surface area (Å²) >= 11 is 0. The van der Waals surface area contributed by atoms with Gasteiger partial charge in [-0.15, -0.1) is 0 Å². The summed E-state index contributed by atoms with van der Waals surface area (Å²) in [6.45, 7) is 4.31. The van der Waals surface area contributed by atoms with Crippen molar-refractivity contribution in [1.29, 1.82) is 0 Å². The number of rotatable bonds is 15. The lowest BCUT2D eigenvalue weighted by Crippen LogP contribution is -2.45. The molecule has 5 rings (SSSR count). The van der Waals surface area contributed by atoms with Crippen LogP contribution in [-0.4, -0.2) is 24.3 Å². The van der Waals surface area contributed by atoms with Gasteiger partial charge in [-0.2, -0.15) is 8.78 Å². The third kappa shape index (κ3) is 7.61. The molecule has 1 N–H and O–H groups in total. The van der Waals surface area contributed by atoms with Crippen molar-refractivity contribution in [2.24, 2.45) is 11.3 Å². The number of aliphatic carboxylic acids is 1. The van der Waals surface area contributed by atoms with Gasteiger partial charge < -0.3 is 14.6 Å². The van der Waals surface area contributed by atoms with E-state index in [0.29, 0.717) is 25.7 Å². The molecule has 3 aromatic rings. The number of carbonyl (C=O) groups is 1. The molecule has 2 aliphatic carbocycles. The smallest absolute Gasteiger partial charge is 0.309 e. The average Bonchev–Trinajstić information content (AvgIpc) is 3.13. The first-order valence-electron chi connectivity index (χ1n) is 18.5. The second-order valence-corrected chi connectivity index (χ2v) is 14.3. The number of carboxylic acid groups (broad SMARTS) is 1. The van der Waals surface area contributed by atoms with Crippen LogP contribution in [0.3, 0.4) is 0 Å². The first-order chi connectivity index (χ1) is 24.5. The van der Waals surface area contributed by atoms with Crippen molar-refractivity contribution in [3.8, 4) is 22.6 Å². The van der Waals surface area contributed by atoms with E-state index in [2.05, 4.69) is 0 Å². The Kier molecular flexibility index (Phi) is 12.7. The summed E-state index contributed by atoms with van der Waals surface area (Å²) in [4.78, 5) is 12.7. The molecule has 2 saturated carbocycles. The van der Waals surface area contributed by atoms with Crippen LogP contribution in [0.1, 0.15) is 121 Å². The normalized spacial score (nSPS) is 20.3. The number of hydrogen-bond donors (Lipinski definition) is 1. The Morgan fingerprint density at radius 2 is 1.12 bits per heavy atom. The van der Waals surface area contributed by atoms with Gasteiger partial charge in [0.15, 0.2) is 34.8 Å². The zero-order valence-electron chi connectivity index (χ0n) is 29.5. The van der Waals surface area contributed by atoms with Crippen LogP contribution in [0.4, 0.5) is 26.3 Å². The average molecular weight is 719 g/mol. The van der Waals surface area contributed by atoms with Crippen molar-refractivity contribution < 1.29 is 45.7 Å². The number of benzene rings is 3. The first kappa shape index (κ1) is 38.5. The topological polar surface area (TPSA) is 55.8 Å². The molecule has 0 spiro atoms. The number of carboxylic acids is 1.